The van der Waals surface area contributed by atoms with Crippen LogP contribution >= 0.6 is 15.9 Å². The van der Waals surface area contributed by atoms with Gasteiger partial charge in [0.05, 0.1) is 6.61 Å². The summed E-state index contributed by atoms with van der Waals surface area (Å²) in [4.78, 5) is 0. The van der Waals surface area contributed by atoms with Gasteiger partial charge in [-0.05, 0) is 56.5 Å². The molecule has 0 spiro atoms. The predicted octanol–water partition coefficient (Wildman–Crippen LogP) is 3.05. The first-order valence-electron chi connectivity index (χ1n) is 5.31. The van der Waals surface area contributed by atoms with Gasteiger partial charge in [-0.3, -0.25) is 0 Å². The van der Waals surface area contributed by atoms with Crippen molar-refractivity contribution >= 4 is 15.9 Å². The maximum Gasteiger partial charge on any atom is 0.125 e. The first-order chi connectivity index (χ1) is 7.19. The lowest BCUT2D eigenvalue weighted by Gasteiger charge is -2.13. The SMILES string of the molecule is CCOc1c(C)cc(Br)cc1CCCN. The summed E-state index contributed by atoms with van der Waals surface area (Å²) in [6.07, 6.45) is 1.97. The van der Waals surface area contributed by atoms with Crippen molar-refractivity contribution < 1.29 is 4.74 Å². The Bertz CT molecular complexity index is 326. The smallest absolute Gasteiger partial charge is 0.125 e. The Balaban J connectivity index is 2.97. The van der Waals surface area contributed by atoms with E-state index in [4.69, 9.17) is 10.5 Å². The highest BCUT2D eigenvalue weighted by atomic mass is 79.9. The maximum atomic E-state index is 5.66. The summed E-state index contributed by atoms with van der Waals surface area (Å²) in [5.74, 6) is 1.02. The maximum absolute atomic E-state index is 5.66. The third kappa shape index (κ3) is 3.50. The van der Waals surface area contributed by atoms with Crippen LogP contribution in [0.4, 0.5) is 0 Å². The van der Waals surface area contributed by atoms with Crippen LogP contribution in [0.3, 0.4) is 0 Å². The average Bonchev–Trinajstić information content (AvgIpc) is 2.19. The monoisotopic (exact) mass is 271 g/mol. The lowest BCUT2D eigenvalue weighted by molar-refractivity contribution is 0.334. The van der Waals surface area contributed by atoms with Gasteiger partial charge >= 0.3 is 0 Å². The van der Waals surface area contributed by atoms with Crippen molar-refractivity contribution in [2.75, 3.05) is 13.2 Å². The second-order valence-electron chi connectivity index (χ2n) is 3.54. The predicted molar refractivity (Wildman–Crippen MR) is 67.4 cm³/mol. The Morgan fingerprint density at radius 2 is 2.13 bits per heavy atom. The highest BCUT2D eigenvalue weighted by Crippen LogP contribution is 2.28. The molecule has 2 nitrogen and oxygen atoms in total. The number of halogens is 1. The van der Waals surface area contributed by atoms with Crippen LogP contribution in [0.25, 0.3) is 0 Å². The topological polar surface area (TPSA) is 35.2 Å². The third-order valence-electron chi connectivity index (χ3n) is 2.26. The molecule has 0 saturated heterocycles. The Hall–Kier alpha value is -0.540. The fourth-order valence-electron chi connectivity index (χ4n) is 1.63. The van der Waals surface area contributed by atoms with Gasteiger partial charge in [0.15, 0.2) is 0 Å². The van der Waals surface area contributed by atoms with Crippen LogP contribution in [0, 0.1) is 6.92 Å². The van der Waals surface area contributed by atoms with E-state index in [0.717, 1.165) is 29.6 Å². The molecule has 0 amide bonds. The lowest BCUT2D eigenvalue weighted by Crippen LogP contribution is -2.04. The molecule has 3 heteroatoms. The van der Waals surface area contributed by atoms with Crippen molar-refractivity contribution in [3.05, 3.63) is 27.7 Å². The zero-order chi connectivity index (χ0) is 11.3. The van der Waals surface area contributed by atoms with Gasteiger partial charge in [0.1, 0.15) is 5.75 Å². The van der Waals surface area contributed by atoms with Crippen molar-refractivity contribution in [1.29, 1.82) is 0 Å². The molecule has 15 heavy (non-hydrogen) atoms. The quantitative estimate of drug-likeness (QED) is 0.894. The Morgan fingerprint density at radius 3 is 2.73 bits per heavy atom. The van der Waals surface area contributed by atoms with Crippen LogP contribution in [-0.4, -0.2) is 13.2 Å². The van der Waals surface area contributed by atoms with E-state index in [0.29, 0.717) is 6.61 Å². The van der Waals surface area contributed by atoms with E-state index >= 15 is 0 Å². The second kappa shape index (κ2) is 6.13. The van der Waals surface area contributed by atoms with Crippen LogP contribution in [0.15, 0.2) is 16.6 Å². The lowest BCUT2D eigenvalue weighted by atomic mass is 10.1. The molecule has 0 radical (unpaired) electrons. The Labute approximate surface area is 99.9 Å². The summed E-state index contributed by atoms with van der Waals surface area (Å²) in [5.41, 5.74) is 7.95. The zero-order valence-electron chi connectivity index (χ0n) is 9.35. The summed E-state index contributed by atoms with van der Waals surface area (Å²) in [6, 6.07) is 4.20. The number of hydrogen-bond donors (Lipinski definition) is 1. The van der Waals surface area contributed by atoms with Gasteiger partial charge in [-0.1, -0.05) is 15.9 Å². The van der Waals surface area contributed by atoms with Crippen molar-refractivity contribution in [1.82, 2.24) is 0 Å². The summed E-state index contributed by atoms with van der Waals surface area (Å²) >= 11 is 3.50. The molecule has 0 aliphatic rings. The number of ether oxygens (including phenoxy) is 1. The summed E-state index contributed by atoms with van der Waals surface area (Å²) in [5, 5.41) is 0. The van der Waals surface area contributed by atoms with E-state index in [1.54, 1.807) is 0 Å². The van der Waals surface area contributed by atoms with E-state index in [1.165, 1.54) is 11.1 Å². The molecule has 0 aliphatic carbocycles. The molecular formula is C12H18BrNO. The normalized spacial score (nSPS) is 10.4. The van der Waals surface area contributed by atoms with Gasteiger partial charge < -0.3 is 10.5 Å². The molecule has 0 heterocycles. The molecule has 0 aromatic heterocycles. The average molecular weight is 272 g/mol. The van der Waals surface area contributed by atoms with E-state index in [-0.39, 0.29) is 0 Å². The summed E-state index contributed by atoms with van der Waals surface area (Å²) in [6.45, 7) is 5.51. The third-order valence-corrected chi connectivity index (χ3v) is 2.71. The first kappa shape index (κ1) is 12.5. The fourth-order valence-corrected chi connectivity index (χ4v) is 2.25. The molecule has 1 aromatic rings. The van der Waals surface area contributed by atoms with E-state index in [1.807, 2.05) is 6.92 Å². The van der Waals surface area contributed by atoms with Gasteiger partial charge in [0, 0.05) is 4.47 Å². The molecule has 1 rings (SSSR count). The second-order valence-corrected chi connectivity index (χ2v) is 4.45. The molecule has 84 valence electrons. The molecule has 0 unspecified atom stereocenters. The van der Waals surface area contributed by atoms with Crippen LogP contribution in [0.2, 0.25) is 0 Å². The van der Waals surface area contributed by atoms with Gasteiger partial charge in [-0.25, -0.2) is 0 Å². The fraction of sp³-hybridized carbons (Fsp3) is 0.500. The van der Waals surface area contributed by atoms with Crippen LogP contribution in [-0.2, 0) is 6.42 Å². The Kier molecular flexibility index (Phi) is 5.12. The molecule has 0 atom stereocenters. The Morgan fingerprint density at radius 1 is 1.40 bits per heavy atom. The minimum Gasteiger partial charge on any atom is -0.493 e. The van der Waals surface area contributed by atoms with E-state index in [9.17, 15) is 0 Å². The number of hydrogen-bond acceptors (Lipinski definition) is 2. The van der Waals surface area contributed by atoms with Crippen molar-refractivity contribution in [2.45, 2.75) is 26.7 Å². The van der Waals surface area contributed by atoms with Gasteiger partial charge in [0.25, 0.3) is 0 Å². The van der Waals surface area contributed by atoms with Crippen LogP contribution in [0.5, 0.6) is 5.75 Å². The minimum absolute atomic E-state index is 0.706. The number of nitrogens with two attached hydrogens (primary N) is 1. The van der Waals surface area contributed by atoms with E-state index < -0.39 is 0 Å². The largest absolute Gasteiger partial charge is 0.493 e. The molecule has 0 fully saturated rings. The van der Waals surface area contributed by atoms with Crippen molar-refractivity contribution in [3.8, 4) is 5.75 Å². The number of benzene rings is 1. The summed E-state index contributed by atoms with van der Waals surface area (Å²) < 4.78 is 6.77. The molecule has 2 N–H and O–H groups in total. The van der Waals surface area contributed by atoms with Crippen molar-refractivity contribution in [3.63, 3.8) is 0 Å². The summed E-state index contributed by atoms with van der Waals surface area (Å²) in [7, 11) is 0. The highest BCUT2D eigenvalue weighted by molar-refractivity contribution is 9.10. The number of aryl methyl sites for hydroxylation is 2. The molecular weight excluding hydrogens is 254 g/mol. The highest BCUT2D eigenvalue weighted by Gasteiger charge is 2.08. The van der Waals surface area contributed by atoms with E-state index in [2.05, 4.69) is 35.0 Å². The number of rotatable bonds is 5. The van der Waals surface area contributed by atoms with Crippen LogP contribution < -0.4 is 10.5 Å². The zero-order valence-corrected chi connectivity index (χ0v) is 10.9. The van der Waals surface area contributed by atoms with Gasteiger partial charge in [-0.2, -0.15) is 0 Å². The van der Waals surface area contributed by atoms with Crippen LogP contribution in [0.1, 0.15) is 24.5 Å². The standard InChI is InChI=1S/C12H18BrNO/c1-3-15-12-9(2)7-11(13)8-10(12)5-4-6-14/h7-8H,3-6,14H2,1-2H3. The molecule has 1 aromatic carbocycles. The minimum atomic E-state index is 0.706. The molecule has 0 saturated carbocycles. The van der Waals surface area contributed by atoms with Gasteiger partial charge in [-0.15, -0.1) is 0 Å². The van der Waals surface area contributed by atoms with Crippen molar-refractivity contribution in [2.24, 2.45) is 5.73 Å². The molecule has 0 bridgehead atoms. The first-order valence-corrected chi connectivity index (χ1v) is 6.10. The molecule has 0 aliphatic heterocycles. The van der Waals surface area contributed by atoms with Gasteiger partial charge in [0.2, 0.25) is 0 Å².